The Balaban J connectivity index is 2.06. The lowest BCUT2D eigenvalue weighted by Crippen LogP contribution is -2.27. The van der Waals surface area contributed by atoms with Crippen LogP contribution in [0.1, 0.15) is 45.8 Å². The van der Waals surface area contributed by atoms with Gasteiger partial charge < -0.3 is 5.32 Å². The first kappa shape index (κ1) is 18.4. The first-order valence-corrected chi connectivity index (χ1v) is 10.0. The number of rotatable bonds is 6. The number of carbonyl (C=O) groups is 1. The third-order valence-corrected chi connectivity index (χ3v) is 5.71. The fourth-order valence-corrected chi connectivity index (χ4v) is 3.79. The van der Waals surface area contributed by atoms with E-state index in [1.165, 1.54) is 0 Å². The van der Waals surface area contributed by atoms with Gasteiger partial charge in [-0.3, -0.25) is 9.52 Å². The van der Waals surface area contributed by atoms with Crippen LogP contribution < -0.4 is 10.0 Å². The summed E-state index contributed by atoms with van der Waals surface area (Å²) in [5.41, 5.74) is 1.77. The molecule has 2 aromatic rings. The largest absolute Gasteiger partial charge is 0.344 e. The number of thiazole rings is 1. The molecular weight excluding hydrogens is 346 g/mol. The van der Waals surface area contributed by atoms with Gasteiger partial charge in [0.25, 0.3) is 5.91 Å². The highest BCUT2D eigenvalue weighted by Gasteiger charge is 2.16. The van der Waals surface area contributed by atoms with E-state index in [0.29, 0.717) is 11.3 Å². The van der Waals surface area contributed by atoms with E-state index in [2.05, 4.69) is 15.0 Å². The van der Waals surface area contributed by atoms with Crippen molar-refractivity contribution in [2.24, 2.45) is 0 Å². The smallest absolute Gasteiger partial charge is 0.251 e. The van der Waals surface area contributed by atoms with Crippen LogP contribution >= 0.6 is 11.3 Å². The highest BCUT2D eigenvalue weighted by atomic mass is 32.2. The second-order valence-corrected chi connectivity index (χ2v) is 8.87. The lowest BCUT2D eigenvalue weighted by atomic mass is 10.1. The molecule has 0 aliphatic heterocycles. The standard InChI is InChI=1S/C16H21N3O3S2/c1-5-24(21,22)19-14-8-6-13(7-9-14)16(20)17-10(2)15-11(3)23-12(4)18-15/h6-10,19H,5H2,1-4H3,(H,17,20)/t10-/m0/s1. The van der Waals surface area contributed by atoms with E-state index in [1.54, 1.807) is 42.5 Å². The molecular formula is C16H21N3O3S2. The van der Waals surface area contributed by atoms with Gasteiger partial charge in [0.1, 0.15) is 0 Å². The number of hydrogen-bond acceptors (Lipinski definition) is 5. The van der Waals surface area contributed by atoms with Crippen LogP contribution in [0.25, 0.3) is 0 Å². The molecule has 6 nitrogen and oxygen atoms in total. The summed E-state index contributed by atoms with van der Waals surface area (Å²) in [6.45, 7) is 7.37. The van der Waals surface area contributed by atoms with E-state index in [1.807, 2.05) is 20.8 Å². The fraction of sp³-hybridized carbons (Fsp3) is 0.375. The Labute approximate surface area is 146 Å². The third kappa shape index (κ3) is 4.55. The lowest BCUT2D eigenvalue weighted by Gasteiger charge is -2.13. The molecule has 1 aromatic carbocycles. The summed E-state index contributed by atoms with van der Waals surface area (Å²) in [5.74, 6) is -0.225. The van der Waals surface area contributed by atoms with Crippen molar-refractivity contribution in [1.82, 2.24) is 10.3 Å². The quantitative estimate of drug-likeness (QED) is 0.821. The average Bonchev–Trinajstić information content (AvgIpc) is 2.86. The maximum Gasteiger partial charge on any atom is 0.251 e. The second-order valence-electron chi connectivity index (χ2n) is 5.45. The molecule has 8 heteroatoms. The van der Waals surface area contributed by atoms with Gasteiger partial charge in [-0.15, -0.1) is 11.3 Å². The van der Waals surface area contributed by atoms with Crippen LogP contribution in [0.5, 0.6) is 0 Å². The molecule has 0 radical (unpaired) electrons. The molecule has 2 N–H and O–H groups in total. The zero-order chi connectivity index (χ0) is 17.9. The summed E-state index contributed by atoms with van der Waals surface area (Å²) < 4.78 is 25.5. The van der Waals surface area contributed by atoms with Crippen LogP contribution in [0, 0.1) is 13.8 Å². The Hall–Kier alpha value is -1.93. The van der Waals surface area contributed by atoms with Crippen molar-refractivity contribution in [1.29, 1.82) is 0 Å². The van der Waals surface area contributed by atoms with E-state index < -0.39 is 10.0 Å². The highest BCUT2D eigenvalue weighted by molar-refractivity contribution is 7.92. The number of anilines is 1. The van der Waals surface area contributed by atoms with E-state index in [9.17, 15) is 13.2 Å². The number of hydrogen-bond donors (Lipinski definition) is 2. The minimum Gasteiger partial charge on any atom is -0.344 e. The number of nitrogens with zero attached hydrogens (tertiary/aromatic N) is 1. The minimum atomic E-state index is -3.32. The molecule has 1 atom stereocenters. The number of aromatic nitrogens is 1. The predicted molar refractivity (Wildman–Crippen MR) is 97.0 cm³/mol. The van der Waals surface area contributed by atoms with Gasteiger partial charge >= 0.3 is 0 Å². The van der Waals surface area contributed by atoms with Gasteiger partial charge in [-0.05, 0) is 52.0 Å². The van der Waals surface area contributed by atoms with Gasteiger partial charge in [-0.25, -0.2) is 13.4 Å². The van der Waals surface area contributed by atoms with Crippen molar-refractivity contribution in [3.05, 3.63) is 45.4 Å². The van der Waals surface area contributed by atoms with Crippen LogP contribution in [0.3, 0.4) is 0 Å². The van der Waals surface area contributed by atoms with Gasteiger partial charge in [0.05, 0.1) is 22.5 Å². The van der Waals surface area contributed by atoms with Crippen LogP contribution in [-0.4, -0.2) is 25.1 Å². The van der Waals surface area contributed by atoms with Crippen LogP contribution in [-0.2, 0) is 10.0 Å². The molecule has 0 saturated carbocycles. The summed E-state index contributed by atoms with van der Waals surface area (Å²) in [7, 11) is -3.32. The number of sulfonamides is 1. The fourth-order valence-electron chi connectivity index (χ4n) is 2.24. The Kier molecular flexibility index (Phi) is 5.61. The monoisotopic (exact) mass is 367 g/mol. The molecule has 1 amide bonds. The average molecular weight is 367 g/mol. The zero-order valence-electron chi connectivity index (χ0n) is 14.1. The molecule has 1 heterocycles. The lowest BCUT2D eigenvalue weighted by molar-refractivity contribution is 0.0939. The highest BCUT2D eigenvalue weighted by Crippen LogP contribution is 2.22. The number of amides is 1. The molecule has 24 heavy (non-hydrogen) atoms. The topological polar surface area (TPSA) is 88.2 Å². The van der Waals surface area contributed by atoms with Gasteiger partial charge in [0, 0.05) is 16.1 Å². The molecule has 0 bridgehead atoms. The molecule has 130 valence electrons. The maximum absolute atomic E-state index is 12.3. The van der Waals surface area contributed by atoms with Crippen molar-refractivity contribution in [2.45, 2.75) is 33.7 Å². The zero-order valence-corrected chi connectivity index (χ0v) is 15.7. The van der Waals surface area contributed by atoms with Crippen molar-refractivity contribution in [3.63, 3.8) is 0 Å². The van der Waals surface area contributed by atoms with E-state index in [4.69, 9.17) is 0 Å². The summed E-state index contributed by atoms with van der Waals surface area (Å²) in [5, 5.41) is 3.88. The number of carbonyl (C=O) groups excluding carboxylic acids is 1. The summed E-state index contributed by atoms with van der Waals surface area (Å²) in [6.07, 6.45) is 0. The molecule has 2 rings (SSSR count). The minimum absolute atomic E-state index is 0.000832. The van der Waals surface area contributed by atoms with Crippen molar-refractivity contribution in [2.75, 3.05) is 10.5 Å². The van der Waals surface area contributed by atoms with Crippen molar-refractivity contribution < 1.29 is 13.2 Å². The van der Waals surface area contributed by atoms with Gasteiger partial charge in [-0.1, -0.05) is 0 Å². The van der Waals surface area contributed by atoms with Crippen molar-refractivity contribution in [3.8, 4) is 0 Å². The molecule has 0 aliphatic carbocycles. The normalized spacial score (nSPS) is 12.7. The molecule has 0 aliphatic rings. The van der Waals surface area contributed by atoms with Crippen LogP contribution in [0.2, 0.25) is 0 Å². The number of nitrogens with one attached hydrogen (secondary N) is 2. The summed E-state index contributed by atoms with van der Waals surface area (Å²) in [6, 6.07) is 6.14. The predicted octanol–water partition coefficient (Wildman–Crippen LogP) is 3.01. The third-order valence-electron chi connectivity index (χ3n) is 3.50. The Morgan fingerprint density at radius 3 is 2.38 bits per heavy atom. The maximum atomic E-state index is 12.3. The first-order chi connectivity index (χ1) is 11.2. The molecule has 1 aromatic heterocycles. The van der Waals surface area contributed by atoms with E-state index in [-0.39, 0.29) is 17.7 Å². The van der Waals surface area contributed by atoms with Gasteiger partial charge in [0.2, 0.25) is 10.0 Å². The first-order valence-electron chi connectivity index (χ1n) is 7.57. The molecule has 0 unspecified atom stereocenters. The molecule has 0 saturated heterocycles. The Morgan fingerprint density at radius 1 is 1.25 bits per heavy atom. The van der Waals surface area contributed by atoms with Gasteiger partial charge in [-0.2, -0.15) is 0 Å². The number of aryl methyl sites for hydroxylation is 2. The number of benzene rings is 1. The molecule has 0 spiro atoms. The second kappa shape index (κ2) is 7.31. The van der Waals surface area contributed by atoms with Crippen LogP contribution in [0.15, 0.2) is 24.3 Å². The summed E-state index contributed by atoms with van der Waals surface area (Å²) in [4.78, 5) is 17.9. The van der Waals surface area contributed by atoms with Crippen molar-refractivity contribution >= 4 is 33.0 Å². The van der Waals surface area contributed by atoms with E-state index >= 15 is 0 Å². The Bertz CT molecular complexity index is 827. The SMILES string of the molecule is CCS(=O)(=O)Nc1ccc(C(=O)N[C@@H](C)c2nc(C)sc2C)cc1. The van der Waals surface area contributed by atoms with Crippen LogP contribution in [0.4, 0.5) is 5.69 Å². The van der Waals surface area contributed by atoms with Gasteiger partial charge in [0.15, 0.2) is 0 Å². The Morgan fingerprint density at radius 2 is 1.88 bits per heavy atom. The van der Waals surface area contributed by atoms with E-state index in [0.717, 1.165) is 15.6 Å². The molecule has 0 fully saturated rings. The summed E-state index contributed by atoms with van der Waals surface area (Å²) >= 11 is 1.60.